The van der Waals surface area contributed by atoms with Gasteiger partial charge in [0.15, 0.2) is 5.75 Å². The van der Waals surface area contributed by atoms with E-state index in [4.69, 9.17) is 4.74 Å². The van der Waals surface area contributed by atoms with Gasteiger partial charge < -0.3 is 15.0 Å². The second kappa shape index (κ2) is 7.58. The van der Waals surface area contributed by atoms with E-state index in [0.717, 1.165) is 31.9 Å². The first-order chi connectivity index (χ1) is 9.12. The first kappa shape index (κ1) is 15.2. The molecule has 19 heavy (non-hydrogen) atoms. The summed E-state index contributed by atoms with van der Waals surface area (Å²) in [7, 11) is 1.43. The maximum atomic E-state index is 10.8. The molecular formula is C13H21N3O3. The number of hydrogen-bond acceptors (Lipinski definition) is 5. The first-order valence-electron chi connectivity index (χ1n) is 6.41. The number of methoxy groups -OCH3 is 1. The largest absolute Gasteiger partial charge is 0.490 e. The van der Waals surface area contributed by atoms with E-state index in [0.29, 0.717) is 0 Å². The monoisotopic (exact) mass is 267 g/mol. The number of nitrogens with one attached hydrogen (secondary N) is 1. The van der Waals surface area contributed by atoms with Crippen LogP contribution in [0, 0.1) is 10.1 Å². The SMILES string of the molecule is CCN(CC)CCNc1ccc([N+](=O)[O-])c(OC)c1. The summed E-state index contributed by atoms with van der Waals surface area (Å²) in [6, 6.07) is 4.81. The zero-order valence-corrected chi connectivity index (χ0v) is 11.7. The zero-order valence-electron chi connectivity index (χ0n) is 11.7. The van der Waals surface area contributed by atoms with Crippen LogP contribution in [0.2, 0.25) is 0 Å². The molecule has 1 aromatic carbocycles. The summed E-state index contributed by atoms with van der Waals surface area (Å²) < 4.78 is 5.02. The van der Waals surface area contributed by atoms with E-state index >= 15 is 0 Å². The number of ether oxygens (including phenoxy) is 1. The van der Waals surface area contributed by atoms with Crippen molar-refractivity contribution in [2.75, 3.05) is 38.6 Å². The van der Waals surface area contributed by atoms with Crippen molar-refractivity contribution in [3.05, 3.63) is 28.3 Å². The first-order valence-corrected chi connectivity index (χ1v) is 6.41. The van der Waals surface area contributed by atoms with Gasteiger partial charge in [-0.2, -0.15) is 0 Å². The Labute approximate surface area is 113 Å². The lowest BCUT2D eigenvalue weighted by Crippen LogP contribution is -2.28. The predicted octanol–water partition coefficient (Wildman–Crippen LogP) is 2.36. The zero-order chi connectivity index (χ0) is 14.3. The second-order valence-corrected chi connectivity index (χ2v) is 4.10. The summed E-state index contributed by atoms with van der Waals surface area (Å²) >= 11 is 0. The third-order valence-electron chi connectivity index (χ3n) is 3.03. The molecule has 0 saturated heterocycles. The van der Waals surface area contributed by atoms with Crippen molar-refractivity contribution in [1.29, 1.82) is 0 Å². The molecule has 1 rings (SSSR count). The maximum absolute atomic E-state index is 10.8. The lowest BCUT2D eigenvalue weighted by molar-refractivity contribution is -0.385. The van der Waals surface area contributed by atoms with Crippen molar-refractivity contribution in [3.8, 4) is 5.75 Å². The minimum atomic E-state index is -0.446. The number of benzene rings is 1. The van der Waals surface area contributed by atoms with Crippen LogP contribution in [0.1, 0.15) is 13.8 Å². The van der Waals surface area contributed by atoms with Crippen molar-refractivity contribution in [2.45, 2.75) is 13.8 Å². The highest BCUT2D eigenvalue weighted by molar-refractivity contribution is 5.57. The minimum absolute atomic E-state index is 0.0169. The van der Waals surface area contributed by atoms with Gasteiger partial charge >= 0.3 is 5.69 Å². The van der Waals surface area contributed by atoms with Crippen LogP contribution in [0.25, 0.3) is 0 Å². The van der Waals surface area contributed by atoms with Crippen molar-refractivity contribution in [1.82, 2.24) is 4.90 Å². The normalized spacial score (nSPS) is 10.5. The molecule has 0 aliphatic carbocycles. The molecule has 0 saturated carbocycles. The number of nitro benzene ring substituents is 1. The summed E-state index contributed by atoms with van der Waals surface area (Å²) in [6.45, 7) is 8.01. The van der Waals surface area contributed by atoms with Crippen LogP contribution in [0.5, 0.6) is 5.75 Å². The van der Waals surface area contributed by atoms with Crippen LogP contribution in [0.15, 0.2) is 18.2 Å². The number of rotatable bonds is 8. The number of nitrogens with zero attached hydrogens (tertiary/aromatic N) is 2. The fraction of sp³-hybridized carbons (Fsp3) is 0.538. The van der Waals surface area contributed by atoms with Gasteiger partial charge in [0.2, 0.25) is 0 Å². The second-order valence-electron chi connectivity index (χ2n) is 4.10. The van der Waals surface area contributed by atoms with Gasteiger partial charge in [-0.25, -0.2) is 0 Å². The van der Waals surface area contributed by atoms with Crippen LogP contribution >= 0.6 is 0 Å². The van der Waals surface area contributed by atoms with Crippen molar-refractivity contribution >= 4 is 11.4 Å². The van der Waals surface area contributed by atoms with Crippen LogP contribution < -0.4 is 10.1 Å². The molecule has 106 valence electrons. The molecule has 0 unspecified atom stereocenters. The third kappa shape index (κ3) is 4.40. The Bertz CT molecular complexity index is 420. The lowest BCUT2D eigenvalue weighted by atomic mass is 10.2. The van der Waals surface area contributed by atoms with Crippen LogP contribution in [0.4, 0.5) is 11.4 Å². The van der Waals surface area contributed by atoms with E-state index in [1.54, 1.807) is 12.1 Å². The summed E-state index contributed by atoms with van der Waals surface area (Å²) in [5.74, 6) is 0.276. The smallest absolute Gasteiger partial charge is 0.311 e. The van der Waals surface area contributed by atoms with Crippen molar-refractivity contribution in [2.24, 2.45) is 0 Å². The Morgan fingerprint density at radius 3 is 2.58 bits per heavy atom. The molecule has 0 atom stereocenters. The molecule has 1 N–H and O–H groups in total. The van der Waals surface area contributed by atoms with Gasteiger partial charge in [-0.3, -0.25) is 10.1 Å². The van der Waals surface area contributed by atoms with Crippen molar-refractivity contribution < 1.29 is 9.66 Å². The molecule has 0 spiro atoms. The Kier molecular flexibility index (Phi) is 6.08. The molecule has 0 radical (unpaired) electrons. The van der Waals surface area contributed by atoms with E-state index in [1.165, 1.54) is 13.2 Å². The molecular weight excluding hydrogens is 246 g/mol. The minimum Gasteiger partial charge on any atom is -0.490 e. The van der Waals surface area contributed by atoms with E-state index < -0.39 is 4.92 Å². The standard InChI is InChI=1S/C13H21N3O3/c1-4-15(5-2)9-8-14-11-6-7-12(16(17)18)13(10-11)19-3/h6-7,10,14H,4-5,8-9H2,1-3H3. The number of nitro groups is 1. The van der Waals surface area contributed by atoms with Gasteiger partial charge in [-0.05, 0) is 19.2 Å². The summed E-state index contributed by atoms with van der Waals surface area (Å²) in [6.07, 6.45) is 0. The molecule has 0 aromatic heterocycles. The summed E-state index contributed by atoms with van der Waals surface area (Å²) in [5, 5.41) is 14.0. The van der Waals surface area contributed by atoms with Gasteiger partial charge in [-0.1, -0.05) is 13.8 Å². The average molecular weight is 267 g/mol. The molecule has 0 fully saturated rings. The third-order valence-corrected chi connectivity index (χ3v) is 3.03. The highest BCUT2D eigenvalue weighted by atomic mass is 16.6. The molecule has 0 aliphatic rings. The van der Waals surface area contributed by atoms with E-state index in [2.05, 4.69) is 24.1 Å². The van der Waals surface area contributed by atoms with Gasteiger partial charge in [0.25, 0.3) is 0 Å². The van der Waals surface area contributed by atoms with Gasteiger partial charge in [0.1, 0.15) is 0 Å². The molecule has 0 bridgehead atoms. The average Bonchev–Trinajstić information content (AvgIpc) is 2.43. The Morgan fingerprint density at radius 1 is 1.37 bits per heavy atom. The highest BCUT2D eigenvalue weighted by Gasteiger charge is 2.14. The number of anilines is 1. The number of hydrogen-bond donors (Lipinski definition) is 1. The quantitative estimate of drug-likeness (QED) is 0.578. The van der Waals surface area contributed by atoms with Crippen LogP contribution in [0.3, 0.4) is 0 Å². The molecule has 1 aromatic rings. The van der Waals surface area contributed by atoms with Gasteiger partial charge in [0.05, 0.1) is 12.0 Å². The molecule has 0 heterocycles. The fourth-order valence-electron chi connectivity index (χ4n) is 1.84. The van der Waals surface area contributed by atoms with Gasteiger partial charge in [-0.15, -0.1) is 0 Å². The summed E-state index contributed by atoms with van der Waals surface area (Å²) in [5.41, 5.74) is 0.811. The Hall–Kier alpha value is -1.82. The van der Waals surface area contributed by atoms with Gasteiger partial charge in [0, 0.05) is 30.9 Å². The van der Waals surface area contributed by atoms with E-state index in [9.17, 15) is 10.1 Å². The van der Waals surface area contributed by atoms with Crippen molar-refractivity contribution in [3.63, 3.8) is 0 Å². The predicted molar refractivity (Wildman–Crippen MR) is 75.9 cm³/mol. The number of likely N-dealkylation sites (N-methyl/N-ethyl adjacent to an activating group) is 1. The molecule has 0 amide bonds. The Morgan fingerprint density at radius 2 is 2.05 bits per heavy atom. The van der Waals surface area contributed by atoms with E-state index in [1.807, 2.05) is 0 Å². The lowest BCUT2D eigenvalue weighted by Gasteiger charge is -2.18. The van der Waals surface area contributed by atoms with Crippen LogP contribution in [-0.4, -0.2) is 43.1 Å². The fourth-order valence-corrected chi connectivity index (χ4v) is 1.84. The van der Waals surface area contributed by atoms with E-state index in [-0.39, 0.29) is 11.4 Å². The topological polar surface area (TPSA) is 67.6 Å². The van der Waals surface area contributed by atoms with Crippen LogP contribution in [-0.2, 0) is 0 Å². The Balaban J connectivity index is 2.62. The molecule has 6 nitrogen and oxygen atoms in total. The highest BCUT2D eigenvalue weighted by Crippen LogP contribution is 2.29. The maximum Gasteiger partial charge on any atom is 0.311 e. The molecule has 0 aliphatic heterocycles. The molecule has 6 heteroatoms. The summed E-state index contributed by atoms with van der Waals surface area (Å²) in [4.78, 5) is 12.6.